The zero-order chi connectivity index (χ0) is 14.7. The summed E-state index contributed by atoms with van der Waals surface area (Å²) in [5.74, 6) is -0.212. The molecule has 5 heteroatoms. The summed E-state index contributed by atoms with van der Waals surface area (Å²) >= 11 is 11.8. The Bertz CT molecular complexity index is 636. The van der Waals surface area contributed by atoms with Crippen molar-refractivity contribution >= 4 is 40.5 Å². The monoisotopic (exact) mass is 308 g/mol. The summed E-state index contributed by atoms with van der Waals surface area (Å²) in [4.78, 5) is 12.3. The third kappa shape index (κ3) is 3.44. The van der Waals surface area contributed by atoms with Crippen LogP contribution in [0.2, 0.25) is 10.0 Å². The Balaban J connectivity index is 2.30. The molecule has 2 rings (SSSR count). The van der Waals surface area contributed by atoms with E-state index in [2.05, 4.69) is 10.6 Å². The van der Waals surface area contributed by atoms with Gasteiger partial charge in [-0.05, 0) is 37.3 Å². The van der Waals surface area contributed by atoms with E-state index in [-0.39, 0.29) is 5.91 Å². The van der Waals surface area contributed by atoms with E-state index >= 15 is 0 Å². The lowest BCUT2D eigenvalue weighted by atomic mass is 10.1. The van der Waals surface area contributed by atoms with E-state index in [0.29, 0.717) is 21.3 Å². The number of hydrogen-bond donors (Lipinski definition) is 2. The fourth-order valence-corrected chi connectivity index (χ4v) is 2.41. The minimum atomic E-state index is -0.212. The molecule has 20 heavy (non-hydrogen) atoms. The maximum Gasteiger partial charge on any atom is 0.257 e. The number of rotatable bonds is 3. The van der Waals surface area contributed by atoms with Gasteiger partial charge in [0, 0.05) is 28.5 Å². The van der Waals surface area contributed by atoms with E-state index in [9.17, 15) is 4.79 Å². The standard InChI is InChI=1S/C15H14Cl2N2O/c1-9-3-4-14(18-2)13(5-9)15(20)19-12-7-10(16)6-11(17)8-12/h3-8,18H,1-2H3,(H,19,20). The van der Waals surface area contributed by atoms with Crippen LogP contribution in [0.5, 0.6) is 0 Å². The quantitative estimate of drug-likeness (QED) is 0.870. The molecule has 0 spiro atoms. The van der Waals surface area contributed by atoms with Gasteiger partial charge in [-0.3, -0.25) is 4.79 Å². The van der Waals surface area contributed by atoms with Gasteiger partial charge in [0.05, 0.1) is 5.56 Å². The van der Waals surface area contributed by atoms with Crippen LogP contribution in [0.25, 0.3) is 0 Å². The molecule has 0 radical (unpaired) electrons. The van der Waals surface area contributed by atoms with Gasteiger partial charge in [0.1, 0.15) is 0 Å². The number of benzene rings is 2. The van der Waals surface area contributed by atoms with Gasteiger partial charge >= 0.3 is 0 Å². The van der Waals surface area contributed by atoms with Crippen LogP contribution in [-0.2, 0) is 0 Å². The van der Waals surface area contributed by atoms with Crippen molar-refractivity contribution in [2.75, 3.05) is 17.7 Å². The first-order valence-corrected chi connectivity index (χ1v) is 6.81. The summed E-state index contributed by atoms with van der Waals surface area (Å²) in [7, 11) is 1.78. The summed E-state index contributed by atoms with van der Waals surface area (Å²) < 4.78 is 0. The first-order chi connectivity index (χ1) is 9.49. The van der Waals surface area contributed by atoms with Crippen LogP contribution >= 0.6 is 23.2 Å². The largest absolute Gasteiger partial charge is 0.387 e. The normalized spacial score (nSPS) is 10.2. The second-order valence-corrected chi connectivity index (χ2v) is 5.28. The van der Waals surface area contributed by atoms with Crippen LogP contribution in [0, 0.1) is 6.92 Å². The van der Waals surface area contributed by atoms with Crippen LogP contribution in [0.15, 0.2) is 36.4 Å². The molecule has 0 bridgehead atoms. The van der Waals surface area contributed by atoms with E-state index in [0.717, 1.165) is 11.3 Å². The fourth-order valence-electron chi connectivity index (χ4n) is 1.89. The van der Waals surface area contributed by atoms with Crippen molar-refractivity contribution in [1.82, 2.24) is 0 Å². The summed E-state index contributed by atoms with van der Waals surface area (Å²) in [6.45, 7) is 1.94. The zero-order valence-electron chi connectivity index (χ0n) is 11.1. The average molecular weight is 309 g/mol. The van der Waals surface area contributed by atoms with Gasteiger partial charge in [-0.1, -0.05) is 34.8 Å². The van der Waals surface area contributed by atoms with Gasteiger partial charge < -0.3 is 10.6 Å². The second kappa shape index (κ2) is 6.16. The van der Waals surface area contributed by atoms with Crippen molar-refractivity contribution in [2.24, 2.45) is 0 Å². The highest BCUT2D eigenvalue weighted by atomic mass is 35.5. The lowest BCUT2D eigenvalue weighted by molar-refractivity contribution is 0.102. The maximum atomic E-state index is 12.3. The molecular weight excluding hydrogens is 295 g/mol. The first kappa shape index (κ1) is 14.7. The van der Waals surface area contributed by atoms with Crippen LogP contribution < -0.4 is 10.6 Å². The summed E-state index contributed by atoms with van der Waals surface area (Å²) in [6, 6.07) is 10.6. The number of anilines is 2. The molecule has 2 aromatic carbocycles. The van der Waals surface area contributed by atoms with Crippen molar-refractivity contribution in [2.45, 2.75) is 6.92 Å². The summed E-state index contributed by atoms with van der Waals surface area (Å²) in [5, 5.41) is 6.75. The van der Waals surface area contributed by atoms with E-state index in [4.69, 9.17) is 23.2 Å². The number of carbonyl (C=O) groups is 1. The minimum Gasteiger partial charge on any atom is -0.387 e. The predicted octanol–water partition coefficient (Wildman–Crippen LogP) is 4.60. The molecular formula is C15H14Cl2N2O. The van der Waals surface area contributed by atoms with Gasteiger partial charge in [-0.15, -0.1) is 0 Å². The molecule has 0 fully saturated rings. The number of nitrogens with one attached hydrogen (secondary N) is 2. The highest BCUT2D eigenvalue weighted by Crippen LogP contribution is 2.24. The van der Waals surface area contributed by atoms with E-state index in [1.54, 1.807) is 25.2 Å². The Morgan fingerprint density at radius 2 is 1.70 bits per heavy atom. The molecule has 0 aliphatic carbocycles. The van der Waals surface area contributed by atoms with Gasteiger partial charge in [0.25, 0.3) is 5.91 Å². The first-order valence-electron chi connectivity index (χ1n) is 6.05. The predicted molar refractivity (Wildman–Crippen MR) is 85.1 cm³/mol. The van der Waals surface area contributed by atoms with Crippen LogP contribution in [0.3, 0.4) is 0 Å². The third-order valence-electron chi connectivity index (χ3n) is 2.81. The van der Waals surface area contributed by atoms with E-state index < -0.39 is 0 Å². The maximum absolute atomic E-state index is 12.3. The summed E-state index contributed by atoms with van der Waals surface area (Å²) in [5.41, 5.74) is 2.92. The number of hydrogen-bond acceptors (Lipinski definition) is 2. The molecule has 0 aliphatic heterocycles. The topological polar surface area (TPSA) is 41.1 Å². The number of amides is 1. The molecule has 1 amide bonds. The van der Waals surface area contributed by atoms with Gasteiger partial charge in [0.2, 0.25) is 0 Å². The van der Waals surface area contributed by atoms with Crippen molar-refractivity contribution in [3.05, 3.63) is 57.6 Å². The highest BCUT2D eigenvalue weighted by molar-refractivity contribution is 6.35. The molecule has 2 N–H and O–H groups in total. The molecule has 3 nitrogen and oxygen atoms in total. The Morgan fingerprint density at radius 1 is 1.05 bits per heavy atom. The van der Waals surface area contributed by atoms with Crippen molar-refractivity contribution < 1.29 is 4.79 Å². The van der Waals surface area contributed by atoms with Crippen molar-refractivity contribution in [1.29, 1.82) is 0 Å². The van der Waals surface area contributed by atoms with Crippen molar-refractivity contribution in [3.63, 3.8) is 0 Å². The Hall–Kier alpha value is -1.71. The molecule has 0 saturated heterocycles. The smallest absolute Gasteiger partial charge is 0.257 e. The van der Waals surface area contributed by atoms with Crippen molar-refractivity contribution in [3.8, 4) is 0 Å². The molecule has 0 heterocycles. The van der Waals surface area contributed by atoms with E-state index in [1.807, 2.05) is 25.1 Å². The van der Waals surface area contributed by atoms with Crippen LogP contribution in [0.1, 0.15) is 15.9 Å². The lowest BCUT2D eigenvalue weighted by Gasteiger charge is -2.11. The lowest BCUT2D eigenvalue weighted by Crippen LogP contribution is -2.14. The van der Waals surface area contributed by atoms with Gasteiger partial charge in [-0.2, -0.15) is 0 Å². The Kier molecular flexibility index (Phi) is 4.53. The molecule has 2 aromatic rings. The SMILES string of the molecule is CNc1ccc(C)cc1C(=O)Nc1cc(Cl)cc(Cl)c1. The molecule has 0 aliphatic rings. The van der Waals surface area contributed by atoms with Gasteiger partial charge in [-0.25, -0.2) is 0 Å². The van der Waals surface area contributed by atoms with Crippen LogP contribution in [0.4, 0.5) is 11.4 Å². The number of aryl methyl sites for hydroxylation is 1. The van der Waals surface area contributed by atoms with Crippen LogP contribution in [-0.4, -0.2) is 13.0 Å². The highest BCUT2D eigenvalue weighted by Gasteiger charge is 2.12. The number of halogens is 2. The molecule has 0 aromatic heterocycles. The zero-order valence-corrected chi connectivity index (χ0v) is 12.6. The van der Waals surface area contributed by atoms with E-state index in [1.165, 1.54) is 0 Å². The molecule has 0 saturated carbocycles. The number of carbonyl (C=O) groups excluding carboxylic acids is 1. The minimum absolute atomic E-state index is 0.212. The molecule has 104 valence electrons. The Morgan fingerprint density at radius 3 is 2.30 bits per heavy atom. The fraction of sp³-hybridized carbons (Fsp3) is 0.133. The third-order valence-corrected chi connectivity index (χ3v) is 3.25. The average Bonchev–Trinajstić information content (AvgIpc) is 2.37. The molecule has 0 atom stereocenters. The summed E-state index contributed by atoms with van der Waals surface area (Å²) in [6.07, 6.45) is 0. The molecule has 0 unspecified atom stereocenters. The van der Waals surface area contributed by atoms with Gasteiger partial charge in [0.15, 0.2) is 0 Å². The Labute approximate surface area is 127 Å². The second-order valence-electron chi connectivity index (χ2n) is 4.41.